The maximum atomic E-state index is 13.8. The van der Waals surface area contributed by atoms with Crippen LogP contribution in [-0.2, 0) is 32.1 Å². The predicted molar refractivity (Wildman–Crippen MR) is 156 cm³/mol. The molecule has 0 radical (unpaired) electrons. The third-order valence-electron chi connectivity index (χ3n) is 7.30. The maximum Gasteiger partial charge on any atom is 0.411 e. The summed E-state index contributed by atoms with van der Waals surface area (Å²) in [6.45, 7) is 0.996. The van der Waals surface area contributed by atoms with E-state index in [2.05, 4.69) is 10.3 Å². The molecule has 0 spiro atoms. The van der Waals surface area contributed by atoms with Crippen LogP contribution in [0.4, 0.5) is 4.79 Å². The minimum absolute atomic E-state index is 0.0910. The van der Waals surface area contributed by atoms with Gasteiger partial charge in [0.1, 0.15) is 18.7 Å². The van der Waals surface area contributed by atoms with Gasteiger partial charge in [-0.1, -0.05) is 54.6 Å². The molecule has 11 heteroatoms. The summed E-state index contributed by atoms with van der Waals surface area (Å²) in [4.78, 5) is 71.9. The monoisotopic (exact) mass is 586 g/mol. The number of nitrogens with one attached hydrogen (secondary N) is 1. The van der Waals surface area contributed by atoms with Crippen molar-refractivity contribution in [3.05, 3.63) is 102 Å². The number of benzene rings is 2. The van der Waals surface area contributed by atoms with Gasteiger partial charge in [-0.3, -0.25) is 24.3 Å². The van der Waals surface area contributed by atoms with E-state index in [1.165, 1.54) is 11.8 Å². The SMILES string of the molecule is C[C@@H](C(=O)N1CCC[C@H]1C(=O)O)N(CC(=O)C(Cc1cccnc1)NC(=O)c1ccccc1)C(=O)OCc1ccccc1. The van der Waals surface area contributed by atoms with Gasteiger partial charge < -0.3 is 20.1 Å². The van der Waals surface area contributed by atoms with Gasteiger partial charge in [0.15, 0.2) is 5.78 Å². The zero-order valence-corrected chi connectivity index (χ0v) is 23.8. The number of carboxylic acids is 1. The molecule has 43 heavy (non-hydrogen) atoms. The largest absolute Gasteiger partial charge is 0.480 e. The van der Waals surface area contributed by atoms with Crippen LogP contribution >= 0.6 is 0 Å². The van der Waals surface area contributed by atoms with Crippen LogP contribution in [0, 0.1) is 0 Å². The van der Waals surface area contributed by atoms with Gasteiger partial charge in [0.2, 0.25) is 5.91 Å². The normalized spacial score (nSPS) is 15.7. The smallest absolute Gasteiger partial charge is 0.411 e. The molecule has 1 fully saturated rings. The number of Topliss-reactive ketones (excluding diaryl/α,β-unsaturated/α-hetero) is 1. The summed E-state index contributed by atoms with van der Waals surface area (Å²) in [7, 11) is 0. The average molecular weight is 587 g/mol. The van der Waals surface area contributed by atoms with E-state index in [0.29, 0.717) is 29.5 Å². The predicted octanol–water partition coefficient (Wildman–Crippen LogP) is 3.09. The van der Waals surface area contributed by atoms with E-state index in [0.717, 1.165) is 4.90 Å². The molecule has 0 aliphatic carbocycles. The van der Waals surface area contributed by atoms with Crippen molar-refractivity contribution in [3.8, 4) is 0 Å². The van der Waals surface area contributed by atoms with E-state index >= 15 is 0 Å². The minimum Gasteiger partial charge on any atom is -0.480 e. The molecule has 3 aromatic rings. The zero-order valence-electron chi connectivity index (χ0n) is 23.8. The first-order chi connectivity index (χ1) is 20.7. The van der Waals surface area contributed by atoms with Gasteiger partial charge in [0.05, 0.1) is 12.6 Å². The van der Waals surface area contributed by atoms with Gasteiger partial charge >= 0.3 is 12.1 Å². The molecule has 3 amide bonds. The molecular weight excluding hydrogens is 552 g/mol. The van der Waals surface area contributed by atoms with Gasteiger partial charge in [-0.05, 0) is 49.1 Å². The maximum absolute atomic E-state index is 13.8. The van der Waals surface area contributed by atoms with Crippen molar-refractivity contribution >= 4 is 29.7 Å². The van der Waals surface area contributed by atoms with Crippen molar-refractivity contribution < 1.29 is 33.8 Å². The highest BCUT2D eigenvalue weighted by molar-refractivity contribution is 5.99. The van der Waals surface area contributed by atoms with E-state index in [-0.39, 0.29) is 19.6 Å². The Hall–Kier alpha value is -5.06. The first-order valence-electron chi connectivity index (χ1n) is 14.0. The molecule has 2 N–H and O–H groups in total. The van der Waals surface area contributed by atoms with E-state index in [1.54, 1.807) is 79.1 Å². The number of rotatable bonds is 12. The number of carbonyl (C=O) groups excluding carboxylic acids is 4. The summed E-state index contributed by atoms with van der Waals surface area (Å²) in [6.07, 6.45) is 3.14. The number of pyridine rings is 1. The number of hydrogen-bond donors (Lipinski definition) is 2. The van der Waals surface area contributed by atoms with E-state index < -0.39 is 54.3 Å². The van der Waals surface area contributed by atoms with Gasteiger partial charge in [0.25, 0.3) is 5.91 Å². The lowest BCUT2D eigenvalue weighted by Crippen LogP contribution is -2.55. The quantitative estimate of drug-likeness (QED) is 0.329. The Bertz CT molecular complexity index is 1420. The Morgan fingerprint density at radius 2 is 1.67 bits per heavy atom. The van der Waals surface area contributed by atoms with Crippen LogP contribution in [0.25, 0.3) is 0 Å². The first-order valence-corrected chi connectivity index (χ1v) is 14.0. The highest BCUT2D eigenvalue weighted by atomic mass is 16.6. The summed E-state index contributed by atoms with van der Waals surface area (Å²) in [5.41, 5.74) is 1.73. The topological polar surface area (TPSA) is 146 Å². The van der Waals surface area contributed by atoms with Crippen LogP contribution in [0.15, 0.2) is 85.2 Å². The number of ether oxygens (including phenoxy) is 1. The van der Waals surface area contributed by atoms with Crippen LogP contribution in [-0.4, -0.2) is 80.8 Å². The van der Waals surface area contributed by atoms with Crippen molar-refractivity contribution in [1.82, 2.24) is 20.1 Å². The number of nitrogens with zero attached hydrogens (tertiary/aromatic N) is 3. The van der Waals surface area contributed by atoms with E-state index in [4.69, 9.17) is 4.74 Å². The molecular formula is C32H34N4O7. The molecule has 2 heterocycles. The standard InChI is InChI=1S/C32H34N4O7/c1-22(30(39)35-17-9-15-27(35)31(40)41)36(32(42)43-21-23-10-4-2-5-11-23)20-28(37)26(18-24-12-8-16-33-19-24)34-29(38)25-13-6-3-7-14-25/h2-8,10-14,16,19,22,26-27H,9,15,17-18,20-21H2,1H3,(H,34,38)(H,40,41)/t22-,26?,27-/m0/s1. The molecule has 1 unspecified atom stereocenters. The lowest BCUT2D eigenvalue weighted by Gasteiger charge is -2.32. The third-order valence-corrected chi connectivity index (χ3v) is 7.30. The molecule has 0 bridgehead atoms. The second kappa shape index (κ2) is 14.7. The molecule has 3 atom stereocenters. The lowest BCUT2D eigenvalue weighted by molar-refractivity contribution is -0.150. The van der Waals surface area contributed by atoms with Gasteiger partial charge in [-0.15, -0.1) is 0 Å². The van der Waals surface area contributed by atoms with E-state index in [9.17, 15) is 29.1 Å². The van der Waals surface area contributed by atoms with Crippen LogP contribution in [0.1, 0.15) is 41.3 Å². The van der Waals surface area contributed by atoms with Crippen LogP contribution in [0.2, 0.25) is 0 Å². The Morgan fingerprint density at radius 1 is 1.00 bits per heavy atom. The molecule has 224 valence electrons. The molecule has 0 saturated carbocycles. The van der Waals surface area contributed by atoms with Crippen LogP contribution in [0.5, 0.6) is 0 Å². The number of carbonyl (C=O) groups is 5. The Morgan fingerprint density at radius 3 is 2.33 bits per heavy atom. The third kappa shape index (κ3) is 8.25. The molecule has 11 nitrogen and oxygen atoms in total. The summed E-state index contributed by atoms with van der Waals surface area (Å²) in [5, 5.41) is 12.4. The summed E-state index contributed by atoms with van der Waals surface area (Å²) < 4.78 is 5.50. The summed E-state index contributed by atoms with van der Waals surface area (Å²) >= 11 is 0. The summed E-state index contributed by atoms with van der Waals surface area (Å²) in [5.74, 6) is -2.76. The van der Waals surface area contributed by atoms with Gasteiger partial charge in [0, 0.05) is 30.9 Å². The fraction of sp³-hybridized carbons (Fsp3) is 0.312. The lowest BCUT2D eigenvalue weighted by atomic mass is 10.0. The van der Waals surface area contributed by atoms with Gasteiger partial charge in [-0.2, -0.15) is 0 Å². The Balaban J connectivity index is 1.58. The summed E-state index contributed by atoms with van der Waals surface area (Å²) in [6, 6.07) is 17.5. The number of ketones is 1. The van der Waals surface area contributed by atoms with Gasteiger partial charge in [-0.25, -0.2) is 9.59 Å². The van der Waals surface area contributed by atoms with Crippen molar-refractivity contribution in [2.24, 2.45) is 0 Å². The number of likely N-dealkylation sites (tertiary alicyclic amines) is 1. The molecule has 1 aliphatic heterocycles. The van der Waals surface area contributed by atoms with Crippen molar-refractivity contribution in [2.75, 3.05) is 13.1 Å². The second-order valence-corrected chi connectivity index (χ2v) is 10.3. The number of amides is 3. The van der Waals surface area contributed by atoms with E-state index in [1.807, 2.05) is 6.07 Å². The molecule has 4 rings (SSSR count). The zero-order chi connectivity index (χ0) is 30.8. The average Bonchev–Trinajstić information content (AvgIpc) is 3.53. The molecule has 1 aliphatic rings. The molecule has 2 aromatic carbocycles. The minimum atomic E-state index is -1.21. The second-order valence-electron chi connectivity index (χ2n) is 10.3. The van der Waals surface area contributed by atoms with Crippen LogP contribution < -0.4 is 5.32 Å². The number of carboxylic acid groups (broad SMARTS) is 1. The van der Waals surface area contributed by atoms with Crippen molar-refractivity contribution in [3.63, 3.8) is 0 Å². The fourth-order valence-electron chi connectivity index (χ4n) is 4.93. The Kier molecular flexibility index (Phi) is 10.6. The number of hydrogen-bond acceptors (Lipinski definition) is 7. The fourth-order valence-corrected chi connectivity index (χ4v) is 4.93. The van der Waals surface area contributed by atoms with Crippen molar-refractivity contribution in [1.29, 1.82) is 0 Å². The molecule has 1 saturated heterocycles. The first kappa shape index (κ1) is 30.9. The van der Waals surface area contributed by atoms with Crippen LogP contribution in [0.3, 0.4) is 0 Å². The highest BCUT2D eigenvalue weighted by Crippen LogP contribution is 2.21. The Labute approximate surface area is 249 Å². The molecule has 1 aromatic heterocycles. The number of aliphatic carboxylic acids is 1. The van der Waals surface area contributed by atoms with Crippen molar-refractivity contribution in [2.45, 2.75) is 50.9 Å². The number of aromatic nitrogens is 1. The highest BCUT2D eigenvalue weighted by Gasteiger charge is 2.40.